The molecule has 0 saturated heterocycles. The maximum Gasteiger partial charge on any atom is 0.264 e. The van der Waals surface area contributed by atoms with Gasteiger partial charge in [-0.15, -0.1) is 0 Å². The number of halogens is 1. The van der Waals surface area contributed by atoms with Crippen LogP contribution in [0.1, 0.15) is 6.42 Å². The summed E-state index contributed by atoms with van der Waals surface area (Å²) in [6, 6.07) is 0. The second-order valence-corrected chi connectivity index (χ2v) is 6.10. The Morgan fingerprint density at radius 2 is 2.18 bits per heavy atom. The molecule has 2 heterocycles. The number of rotatable bonds is 5. The highest BCUT2D eigenvalue weighted by atomic mass is 35.7. The van der Waals surface area contributed by atoms with Gasteiger partial charge in [0.15, 0.2) is 0 Å². The summed E-state index contributed by atoms with van der Waals surface area (Å²) in [7, 11) is 1.52. The predicted octanol–water partition coefficient (Wildman–Crippen LogP) is 1.10. The predicted molar refractivity (Wildman–Crippen MR) is 62.1 cm³/mol. The molecular weight excluding hydrogens is 264 g/mol. The van der Waals surface area contributed by atoms with Gasteiger partial charge in [0, 0.05) is 42.4 Å². The molecule has 0 saturated carbocycles. The van der Waals surface area contributed by atoms with Crippen LogP contribution in [0.3, 0.4) is 0 Å². The summed E-state index contributed by atoms with van der Waals surface area (Å²) in [6.07, 6.45) is 8.83. The van der Waals surface area contributed by atoms with Gasteiger partial charge in [-0.05, 0) is 6.42 Å². The lowest BCUT2D eigenvalue weighted by Crippen LogP contribution is -2.03. The van der Waals surface area contributed by atoms with Crippen LogP contribution in [0.4, 0.5) is 0 Å². The van der Waals surface area contributed by atoms with Gasteiger partial charge in [-0.1, -0.05) is 0 Å². The van der Waals surface area contributed by atoms with Crippen LogP contribution in [0.2, 0.25) is 0 Å². The van der Waals surface area contributed by atoms with Crippen LogP contribution in [-0.2, 0) is 22.1 Å². The van der Waals surface area contributed by atoms with Crippen molar-refractivity contribution in [2.24, 2.45) is 0 Å². The molecule has 0 aliphatic heterocycles. The normalized spacial score (nSPS) is 11.8. The Labute approximate surface area is 103 Å². The maximum atomic E-state index is 11.0. The van der Waals surface area contributed by atoms with Crippen molar-refractivity contribution < 1.29 is 8.42 Å². The Balaban J connectivity index is 1.90. The number of hydrogen-bond acceptors (Lipinski definition) is 4. The second-order valence-electron chi connectivity index (χ2n) is 3.53. The van der Waals surface area contributed by atoms with Gasteiger partial charge in [-0.3, -0.25) is 4.68 Å². The van der Waals surface area contributed by atoms with Gasteiger partial charge < -0.3 is 4.57 Å². The highest BCUT2D eigenvalue weighted by Gasteiger charge is 2.12. The van der Waals surface area contributed by atoms with Gasteiger partial charge in [-0.25, -0.2) is 13.4 Å². The van der Waals surface area contributed by atoms with Crippen LogP contribution in [0.15, 0.2) is 36.0 Å². The third-order valence-corrected chi connectivity index (χ3v) is 3.56. The third-order valence-electron chi connectivity index (χ3n) is 2.25. The first-order chi connectivity index (χ1) is 8.05. The van der Waals surface area contributed by atoms with E-state index in [2.05, 4.69) is 10.1 Å². The van der Waals surface area contributed by atoms with E-state index in [0.717, 1.165) is 13.0 Å². The molecular formula is C9H11ClN4O2S. The van der Waals surface area contributed by atoms with Crippen molar-refractivity contribution >= 4 is 19.7 Å². The maximum absolute atomic E-state index is 11.0. The average molecular weight is 275 g/mol. The minimum atomic E-state index is -3.68. The number of nitrogens with zero attached hydrogens (tertiary/aromatic N) is 4. The molecule has 0 radical (unpaired) electrons. The zero-order chi connectivity index (χ0) is 12.3. The summed E-state index contributed by atoms with van der Waals surface area (Å²) in [4.78, 5) is 3.96. The first-order valence-corrected chi connectivity index (χ1v) is 7.29. The molecule has 2 aromatic heterocycles. The SMILES string of the molecule is O=S(=O)(Cl)c1cnn(CCCn2ccnc2)c1. The molecule has 0 fully saturated rings. The average Bonchev–Trinajstić information content (AvgIpc) is 2.86. The van der Waals surface area contributed by atoms with E-state index in [1.54, 1.807) is 17.2 Å². The zero-order valence-corrected chi connectivity index (χ0v) is 10.5. The van der Waals surface area contributed by atoms with Crippen molar-refractivity contribution in [3.63, 3.8) is 0 Å². The van der Waals surface area contributed by atoms with Crippen LogP contribution >= 0.6 is 10.7 Å². The van der Waals surface area contributed by atoms with Crippen molar-refractivity contribution in [3.05, 3.63) is 31.1 Å². The summed E-state index contributed by atoms with van der Waals surface area (Å²) in [6.45, 7) is 1.44. The first-order valence-electron chi connectivity index (χ1n) is 4.98. The molecule has 0 aliphatic rings. The Hall–Kier alpha value is -1.34. The lowest BCUT2D eigenvalue weighted by molar-refractivity contribution is 0.526. The van der Waals surface area contributed by atoms with Crippen LogP contribution in [0.5, 0.6) is 0 Å². The topological polar surface area (TPSA) is 69.8 Å². The summed E-state index contributed by atoms with van der Waals surface area (Å²) in [5, 5.41) is 3.93. The fraction of sp³-hybridized carbons (Fsp3) is 0.333. The lowest BCUT2D eigenvalue weighted by atomic mass is 10.4. The molecule has 0 N–H and O–H groups in total. The molecule has 0 aliphatic carbocycles. The summed E-state index contributed by atoms with van der Waals surface area (Å²) in [5.74, 6) is 0. The van der Waals surface area contributed by atoms with E-state index in [4.69, 9.17) is 10.7 Å². The largest absolute Gasteiger partial charge is 0.337 e. The highest BCUT2D eigenvalue weighted by molar-refractivity contribution is 8.13. The van der Waals surface area contributed by atoms with Gasteiger partial charge in [0.1, 0.15) is 4.90 Å². The van der Waals surface area contributed by atoms with Crippen molar-refractivity contribution in [1.82, 2.24) is 19.3 Å². The van der Waals surface area contributed by atoms with E-state index in [-0.39, 0.29) is 4.90 Å². The van der Waals surface area contributed by atoms with E-state index >= 15 is 0 Å². The van der Waals surface area contributed by atoms with Crippen LogP contribution in [-0.4, -0.2) is 27.7 Å². The lowest BCUT2D eigenvalue weighted by Gasteiger charge is -2.02. The minimum Gasteiger partial charge on any atom is -0.337 e. The number of aryl methyl sites for hydroxylation is 2. The Kier molecular flexibility index (Phi) is 3.49. The molecule has 0 atom stereocenters. The highest BCUT2D eigenvalue weighted by Crippen LogP contribution is 2.13. The standard InChI is InChI=1S/C9H11ClN4O2S/c10-17(15,16)9-6-12-14(7-9)4-1-3-13-5-2-11-8-13/h2,5-8H,1,3-4H2. The fourth-order valence-electron chi connectivity index (χ4n) is 1.43. The molecule has 0 spiro atoms. The summed E-state index contributed by atoms with van der Waals surface area (Å²) in [5.41, 5.74) is 0. The Morgan fingerprint density at radius 1 is 1.35 bits per heavy atom. The Bertz CT molecular complexity index is 576. The van der Waals surface area contributed by atoms with E-state index in [0.29, 0.717) is 6.54 Å². The van der Waals surface area contributed by atoms with Gasteiger partial charge in [-0.2, -0.15) is 5.10 Å². The van der Waals surface area contributed by atoms with Gasteiger partial charge in [0.05, 0.1) is 12.5 Å². The molecule has 8 heteroatoms. The molecule has 6 nitrogen and oxygen atoms in total. The van der Waals surface area contributed by atoms with E-state index in [1.807, 2.05) is 10.8 Å². The van der Waals surface area contributed by atoms with Crippen LogP contribution in [0, 0.1) is 0 Å². The molecule has 17 heavy (non-hydrogen) atoms. The van der Waals surface area contributed by atoms with Gasteiger partial charge >= 0.3 is 0 Å². The molecule has 0 amide bonds. The van der Waals surface area contributed by atoms with Crippen LogP contribution < -0.4 is 0 Å². The molecule has 0 bridgehead atoms. The zero-order valence-electron chi connectivity index (χ0n) is 8.90. The summed E-state index contributed by atoms with van der Waals surface area (Å²) < 4.78 is 25.5. The van der Waals surface area contributed by atoms with Crippen molar-refractivity contribution in [1.29, 1.82) is 0 Å². The van der Waals surface area contributed by atoms with Gasteiger partial charge in [0.2, 0.25) is 0 Å². The molecule has 0 unspecified atom stereocenters. The quantitative estimate of drug-likeness (QED) is 0.766. The molecule has 0 aromatic carbocycles. The first kappa shape index (κ1) is 12.1. The molecule has 92 valence electrons. The van der Waals surface area contributed by atoms with E-state index in [1.165, 1.54) is 12.4 Å². The number of imidazole rings is 1. The smallest absolute Gasteiger partial charge is 0.264 e. The number of aromatic nitrogens is 4. The monoisotopic (exact) mass is 274 g/mol. The second kappa shape index (κ2) is 4.89. The van der Waals surface area contributed by atoms with E-state index in [9.17, 15) is 8.42 Å². The molecule has 2 aromatic rings. The van der Waals surface area contributed by atoms with Crippen molar-refractivity contribution in [2.45, 2.75) is 24.4 Å². The van der Waals surface area contributed by atoms with Gasteiger partial charge in [0.25, 0.3) is 9.05 Å². The van der Waals surface area contributed by atoms with Crippen molar-refractivity contribution in [2.75, 3.05) is 0 Å². The van der Waals surface area contributed by atoms with E-state index < -0.39 is 9.05 Å². The van der Waals surface area contributed by atoms with Crippen LogP contribution in [0.25, 0.3) is 0 Å². The molecule has 2 rings (SSSR count). The third kappa shape index (κ3) is 3.31. The fourth-order valence-corrected chi connectivity index (χ4v) is 2.09. The minimum absolute atomic E-state index is 0.0294. The Morgan fingerprint density at radius 3 is 2.76 bits per heavy atom. The van der Waals surface area contributed by atoms with Crippen molar-refractivity contribution in [3.8, 4) is 0 Å². The number of hydrogen-bond donors (Lipinski definition) is 0. The summed E-state index contributed by atoms with van der Waals surface area (Å²) >= 11 is 0.